The summed E-state index contributed by atoms with van der Waals surface area (Å²) < 4.78 is 2.85. The lowest BCUT2D eigenvalue weighted by molar-refractivity contribution is 0.413. The molecular weight excluding hydrogens is 240 g/mol. The van der Waals surface area contributed by atoms with E-state index in [-0.39, 0.29) is 0 Å². The number of benzene rings is 1. The first-order valence-electron chi connectivity index (χ1n) is 5.41. The molecule has 0 spiro atoms. The first kappa shape index (κ1) is 11.7. The second kappa shape index (κ2) is 4.22. The van der Waals surface area contributed by atoms with Crippen molar-refractivity contribution in [3.8, 4) is 0 Å². The molecule has 86 valence electrons. The molecule has 0 bridgehead atoms. The predicted octanol–water partition coefficient (Wildman–Crippen LogP) is 4.57. The van der Waals surface area contributed by atoms with Crippen LogP contribution in [0.15, 0.2) is 18.2 Å². The number of imidazole rings is 1. The molecule has 4 heteroatoms. The second-order valence-electron chi connectivity index (χ2n) is 4.42. The molecule has 0 aliphatic heterocycles. The zero-order chi connectivity index (χ0) is 11.9. The number of hydrogen-bond acceptors (Lipinski definition) is 1. The number of rotatable bonds is 2. The third-order valence-electron chi connectivity index (χ3n) is 3.06. The SMILES string of the molecule is CC(C)C(C)n1c(=S)[nH]c2cccc(Cl)c21. The van der Waals surface area contributed by atoms with Crippen LogP contribution < -0.4 is 0 Å². The lowest BCUT2D eigenvalue weighted by Gasteiger charge is -2.18. The van der Waals surface area contributed by atoms with Crippen molar-refractivity contribution in [2.75, 3.05) is 0 Å². The van der Waals surface area contributed by atoms with Gasteiger partial charge in [-0.2, -0.15) is 0 Å². The van der Waals surface area contributed by atoms with Crippen molar-refractivity contribution in [2.45, 2.75) is 26.8 Å². The van der Waals surface area contributed by atoms with Gasteiger partial charge < -0.3 is 9.55 Å². The highest BCUT2D eigenvalue weighted by Gasteiger charge is 2.15. The standard InChI is InChI=1S/C12H15ClN2S/c1-7(2)8(3)15-11-9(13)5-4-6-10(11)14-12(15)16/h4-8H,1-3H3,(H,14,16). The fraction of sp³-hybridized carbons (Fsp3) is 0.417. The van der Waals surface area contributed by atoms with Gasteiger partial charge in [0.2, 0.25) is 0 Å². The van der Waals surface area contributed by atoms with Crippen molar-refractivity contribution >= 4 is 34.9 Å². The molecule has 2 aromatic rings. The number of H-pyrrole nitrogens is 1. The Kier molecular flexibility index (Phi) is 3.08. The van der Waals surface area contributed by atoms with E-state index in [9.17, 15) is 0 Å². The molecule has 0 amide bonds. The Morgan fingerprint density at radius 3 is 2.62 bits per heavy atom. The van der Waals surface area contributed by atoms with Crippen molar-refractivity contribution in [3.63, 3.8) is 0 Å². The predicted molar refractivity (Wildman–Crippen MR) is 71.7 cm³/mol. The number of halogens is 1. The van der Waals surface area contributed by atoms with Crippen LogP contribution in [0.2, 0.25) is 5.02 Å². The molecule has 1 atom stereocenters. The van der Waals surface area contributed by atoms with Crippen LogP contribution in [0.3, 0.4) is 0 Å². The number of aromatic amines is 1. The van der Waals surface area contributed by atoms with Gasteiger partial charge in [0.1, 0.15) is 0 Å². The van der Waals surface area contributed by atoms with Crippen LogP contribution in [0.25, 0.3) is 11.0 Å². The van der Waals surface area contributed by atoms with E-state index in [4.69, 9.17) is 23.8 Å². The van der Waals surface area contributed by atoms with Crippen LogP contribution in [0, 0.1) is 10.7 Å². The maximum atomic E-state index is 6.24. The monoisotopic (exact) mass is 254 g/mol. The molecule has 0 aliphatic carbocycles. The van der Waals surface area contributed by atoms with Crippen molar-refractivity contribution < 1.29 is 0 Å². The van der Waals surface area contributed by atoms with E-state index in [0.717, 1.165) is 20.8 Å². The Balaban J connectivity index is 2.78. The maximum absolute atomic E-state index is 6.24. The van der Waals surface area contributed by atoms with E-state index in [2.05, 4.69) is 30.3 Å². The maximum Gasteiger partial charge on any atom is 0.178 e. The molecule has 1 heterocycles. The third kappa shape index (κ3) is 1.78. The Bertz CT molecular complexity index is 568. The molecule has 1 N–H and O–H groups in total. The fourth-order valence-corrected chi connectivity index (χ4v) is 2.46. The molecule has 2 nitrogen and oxygen atoms in total. The molecule has 0 saturated heterocycles. The lowest BCUT2D eigenvalue weighted by atomic mass is 10.1. The zero-order valence-corrected chi connectivity index (χ0v) is 11.2. The highest BCUT2D eigenvalue weighted by molar-refractivity contribution is 7.71. The van der Waals surface area contributed by atoms with Crippen molar-refractivity contribution in [2.24, 2.45) is 5.92 Å². The smallest absolute Gasteiger partial charge is 0.178 e. The van der Waals surface area contributed by atoms with Gasteiger partial charge in [0, 0.05) is 6.04 Å². The summed E-state index contributed by atoms with van der Waals surface area (Å²) in [5.41, 5.74) is 2.01. The highest BCUT2D eigenvalue weighted by atomic mass is 35.5. The van der Waals surface area contributed by atoms with Crippen LogP contribution >= 0.6 is 23.8 Å². The van der Waals surface area contributed by atoms with Gasteiger partial charge in [0.05, 0.1) is 16.1 Å². The van der Waals surface area contributed by atoms with Crippen molar-refractivity contribution in [3.05, 3.63) is 28.0 Å². The molecule has 1 unspecified atom stereocenters. The fourth-order valence-electron chi connectivity index (χ4n) is 1.82. The normalized spacial score (nSPS) is 13.6. The van der Waals surface area contributed by atoms with Gasteiger partial charge in [-0.05, 0) is 37.2 Å². The summed E-state index contributed by atoms with van der Waals surface area (Å²) in [6, 6.07) is 6.16. The number of fused-ring (bicyclic) bond motifs is 1. The zero-order valence-electron chi connectivity index (χ0n) is 9.62. The Hall–Kier alpha value is -0.800. The van der Waals surface area contributed by atoms with Gasteiger partial charge in [-0.1, -0.05) is 31.5 Å². The Morgan fingerprint density at radius 1 is 1.31 bits per heavy atom. The van der Waals surface area contributed by atoms with Crippen molar-refractivity contribution in [1.29, 1.82) is 0 Å². The Morgan fingerprint density at radius 2 is 2.00 bits per heavy atom. The number of nitrogens with zero attached hydrogens (tertiary/aromatic N) is 1. The molecule has 2 rings (SSSR count). The van der Waals surface area contributed by atoms with E-state index in [1.165, 1.54) is 0 Å². The van der Waals surface area contributed by atoms with Crippen LogP contribution in [0.1, 0.15) is 26.8 Å². The minimum Gasteiger partial charge on any atom is -0.331 e. The van der Waals surface area contributed by atoms with Gasteiger partial charge in [-0.15, -0.1) is 0 Å². The molecule has 0 fully saturated rings. The van der Waals surface area contributed by atoms with Crippen LogP contribution in [0.4, 0.5) is 0 Å². The van der Waals surface area contributed by atoms with Gasteiger partial charge in [0.25, 0.3) is 0 Å². The summed E-state index contributed by atoms with van der Waals surface area (Å²) >= 11 is 11.6. The summed E-state index contributed by atoms with van der Waals surface area (Å²) in [4.78, 5) is 3.20. The average Bonchev–Trinajstić information content (AvgIpc) is 2.54. The topological polar surface area (TPSA) is 20.7 Å². The molecule has 0 aliphatic rings. The molecule has 0 radical (unpaired) electrons. The van der Waals surface area contributed by atoms with E-state index in [0.29, 0.717) is 12.0 Å². The summed E-state index contributed by atoms with van der Waals surface area (Å²) in [6.07, 6.45) is 0. The summed E-state index contributed by atoms with van der Waals surface area (Å²) in [5, 5.41) is 0.748. The number of para-hydroxylation sites is 1. The van der Waals surface area contributed by atoms with Crippen LogP contribution in [-0.2, 0) is 0 Å². The van der Waals surface area contributed by atoms with Crippen LogP contribution in [-0.4, -0.2) is 9.55 Å². The number of aromatic nitrogens is 2. The van der Waals surface area contributed by atoms with E-state index >= 15 is 0 Å². The summed E-state index contributed by atoms with van der Waals surface area (Å²) in [5.74, 6) is 0.516. The Labute approximate surface area is 105 Å². The number of nitrogens with one attached hydrogen (secondary N) is 1. The summed E-state index contributed by atoms with van der Waals surface area (Å²) in [6.45, 7) is 6.53. The van der Waals surface area contributed by atoms with Gasteiger partial charge in [-0.3, -0.25) is 0 Å². The van der Waals surface area contributed by atoms with E-state index in [1.807, 2.05) is 18.2 Å². The average molecular weight is 255 g/mol. The number of hydrogen-bond donors (Lipinski definition) is 1. The van der Waals surface area contributed by atoms with Gasteiger partial charge >= 0.3 is 0 Å². The minimum atomic E-state index is 0.334. The second-order valence-corrected chi connectivity index (χ2v) is 5.21. The molecule has 16 heavy (non-hydrogen) atoms. The quantitative estimate of drug-likeness (QED) is 0.779. The first-order chi connectivity index (χ1) is 7.52. The molecule has 0 saturated carbocycles. The summed E-state index contributed by atoms with van der Waals surface area (Å²) in [7, 11) is 0. The minimum absolute atomic E-state index is 0.334. The van der Waals surface area contributed by atoms with Crippen molar-refractivity contribution in [1.82, 2.24) is 9.55 Å². The van der Waals surface area contributed by atoms with E-state index in [1.54, 1.807) is 0 Å². The van der Waals surface area contributed by atoms with E-state index < -0.39 is 0 Å². The largest absolute Gasteiger partial charge is 0.331 e. The highest BCUT2D eigenvalue weighted by Crippen LogP contribution is 2.28. The molecule has 1 aromatic heterocycles. The third-order valence-corrected chi connectivity index (χ3v) is 3.66. The van der Waals surface area contributed by atoms with Gasteiger partial charge in [-0.25, -0.2) is 0 Å². The lowest BCUT2D eigenvalue weighted by Crippen LogP contribution is -2.11. The van der Waals surface area contributed by atoms with Crippen LogP contribution in [0.5, 0.6) is 0 Å². The van der Waals surface area contributed by atoms with Gasteiger partial charge in [0.15, 0.2) is 4.77 Å². The first-order valence-corrected chi connectivity index (χ1v) is 6.19. The molecular formula is C12H15ClN2S. The molecule has 1 aromatic carbocycles.